The van der Waals surface area contributed by atoms with Gasteiger partial charge in [0.25, 0.3) is 5.91 Å². The van der Waals surface area contributed by atoms with E-state index in [0.29, 0.717) is 18.2 Å². The number of carbonyl (C=O) groups is 1. The highest BCUT2D eigenvalue weighted by Crippen LogP contribution is 2.36. The van der Waals surface area contributed by atoms with Gasteiger partial charge >= 0.3 is 0 Å². The second-order valence-corrected chi connectivity index (χ2v) is 7.74. The molecule has 4 rings (SSSR count). The average molecular weight is 353 g/mol. The van der Waals surface area contributed by atoms with Crippen LogP contribution in [0.25, 0.3) is 0 Å². The molecule has 26 heavy (non-hydrogen) atoms. The summed E-state index contributed by atoms with van der Waals surface area (Å²) in [4.78, 5) is 14.7. The Hall–Kier alpha value is -2.11. The van der Waals surface area contributed by atoms with Gasteiger partial charge < -0.3 is 14.6 Å². The SMILES string of the molecule is Cn1cccc1C(=O)NCC1CCC2(CN(Cc3ccccc3)C2)OC1. The van der Waals surface area contributed by atoms with E-state index in [4.69, 9.17) is 4.74 Å². The number of aromatic nitrogens is 1. The van der Waals surface area contributed by atoms with Gasteiger partial charge in [0.1, 0.15) is 5.69 Å². The third-order valence-electron chi connectivity index (χ3n) is 5.63. The average Bonchev–Trinajstić information content (AvgIpc) is 3.06. The third kappa shape index (κ3) is 3.69. The summed E-state index contributed by atoms with van der Waals surface area (Å²) in [7, 11) is 1.89. The van der Waals surface area contributed by atoms with Crippen LogP contribution < -0.4 is 5.32 Å². The summed E-state index contributed by atoms with van der Waals surface area (Å²) in [6.07, 6.45) is 4.09. The summed E-state index contributed by atoms with van der Waals surface area (Å²) in [5.74, 6) is 0.406. The Morgan fingerprint density at radius 3 is 2.69 bits per heavy atom. The lowest BCUT2D eigenvalue weighted by atomic mass is 9.82. The van der Waals surface area contributed by atoms with E-state index in [9.17, 15) is 4.79 Å². The Morgan fingerprint density at radius 1 is 1.23 bits per heavy atom. The van der Waals surface area contributed by atoms with Crippen LogP contribution in [-0.2, 0) is 18.3 Å². The maximum Gasteiger partial charge on any atom is 0.267 e. The zero-order chi connectivity index (χ0) is 18.0. The summed E-state index contributed by atoms with van der Waals surface area (Å²) >= 11 is 0. The molecule has 0 saturated carbocycles. The van der Waals surface area contributed by atoms with Crippen molar-refractivity contribution in [2.24, 2.45) is 13.0 Å². The van der Waals surface area contributed by atoms with Gasteiger partial charge in [-0.05, 0) is 36.5 Å². The van der Waals surface area contributed by atoms with Crippen molar-refractivity contribution in [1.82, 2.24) is 14.8 Å². The second kappa shape index (κ2) is 7.25. The van der Waals surface area contributed by atoms with Crippen LogP contribution in [0.1, 0.15) is 28.9 Å². The van der Waals surface area contributed by atoms with Crippen LogP contribution in [0.2, 0.25) is 0 Å². The molecule has 0 bridgehead atoms. The van der Waals surface area contributed by atoms with Gasteiger partial charge in [0.2, 0.25) is 0 Å². The molecule has 0 aliphatic carbocycles. The van der Waals surface area contributed by atoms with Crippen molar-refractivity contribution in [1.29, 1.82) is 0 Å². The molecule has 5 nitrogen and oxygen atoms in total. The minimum Gasteiger partial charge on any atom is -0.372 e. The molecule has 0 radical (unpaired) electrons. The number of likely N-dealkylation sites (tertiary alicyclic amines) is 1. The normalized spacial score (nSPS) is 22.1. The van der Waals surface area contributed by atoms with E-state index in [1.807, 2.05) is 29.9 Å². The number of benzene rings is 1. The number of ether oxygens (including phenoxy) is 1. The van der Waals surface area contributed by atoms with Gasteiger partial charge in [-0.1, -0.05) is 30.3 Å². The Labute approximate surface area is 154 Å². The van der Waals surface area contributed by atoms with Gasteiger partial charge in [-0.15, -0.1) is 0 Å². The van der Waals surface area contributed by atoms with Crippen LogP contribution in [0.4, 0.5) is 0 Å². The van der Waals surface area contributed by atoms with E-state index in [1.165, 1.54) is 5.56 Å². The Kier molecular flexibility index (Phi) is 4.83. The molecule has 1 aromatic carbocycles. The lowest BCUT2D eigenvalue weighted by Gasteiger charge is -2.53. The highest BCUT2D eigenvalue weighted by Gasteiger charge is 2.46. The Balaban J connectivity index is 1.19. The smallest absolute Gasteiger partial charge is 0.267 e. The van der Waals surface area contributed by atoms with Crippen molar-refractivity contribution < 1.29 is 9.53 Å². The quantitative estimate of drug-likeness (QED) is 0.898. The predicted molar refractivity (Wildman–Crippen MR) is 101 cm³/mol. The van der Waals surface area contributed by atoms with Gasteiger partial charge in [-0.2, -0.15) is 0 Å². The molecular formula is C21H27N3O2. The molecule has 138 valence electrons. The van der Waals surface area contributed by atoms with Crippen molar-refractivity contribution in [3.05, 3.63) is 59.9 Å². The van der Waals surface area contributed by atoms with E-state index in [1.54, 1.807) is 0 Å². The van der Waals surface area contributed by atoms with Crippen LogP contribution in [0.3, 0.4) is 0 Å². The van der Waals surface area contributed by atoms with Crippen LogP contribution in [0, 0.1) is 5.92 Å². The van der Waals surface area contributed by atoms with E-state index in [0.717, 1.165) is 39.1 Å². The van der Waals surface area contributed by atoms with E-state index < -0.39 is 0 Å². The molecule has 1 spiro atoms. The van der Waals surface area contributed by atoms with Gasteiger partial charge in [0.15, 0.2) is 0 Å². The number of rotatable bonds is 5. The molecule has 1 N–H and O–H groups in total. The Bertz CT molecular complexity index is 740. The molecule has 3 heterocycles. The number of hydrogen-bond donors (Lipinski definition) is 1. The fourth-order valence-corrected chi connectivity index (χ4v) is 4.07. The molecular weight excluding hydrogens is 326 g/mol. The zero-order valence-electron chi connectivity index (χ0n) is 15.4. The highest BCUT2D eigenvalue weighted by atomic mass is 16.5. The summed E-state index contributed by atoms with van der Waals surface area (Å²) < 4.78 is 8.08. The number of nitrogens with zero attached hydrogens (tertiary/aromatic N) is 2. The van der Waals surface area contributed by atoms with Crippen LogP contribution >= 0.6 is 0 Å². The third-order valence-corrected chi connectivity index (χ3v) is 5.63. The van der Waals surface area contributed by atoms with Gasteiger partial charge in [0, 0.05) is 39.4 Å². The maximum atomic E-state index is 12.2. The molecule has 2 saturated heterocycles. The minimum absolute atomic E-state index is 0.00420. The number of amides is 1. The first-order chi connectivity index (χ1) is 12.6. The zero-order valence-corrected chi connectivity index (χ0v) is 15.4. The first-order valence-electron chi connectivity index (χ1n) is 9.43. The summed E-state index contributed by atoms with van der Waals surface area (Å²) in [6.45, 7) is 4.47. The number of carbonyl (C=O) groups excluding carboxylic acids is 1. The van der Waals surface area contributed by atoms with E-state index >= 15 is 0 Å². The molecule has 1 aromatic heterocycles. The first kappa shape index (κ1) is 17.3. The van der Waals surface area contributed by atoms with Crippen LogP contribution in [-0.4, -0.2) is 47.2 Å². The Morgan fingerprint density at radius 2 is 2.04 bits per heavy atom. The van der Waals surface area contributed by atoms with E-state index in [2.05, 4.69) is 40.5 Å². The largest absolute Gasteiger partial charge is 0.372 e. The molecule has 2 aromatic rings. The van der Waals surface area contributed by atoms with Crippen molar-refractivity contribution in [3.63, 3.8) is 0 Å². The minimum atomic E-state index is -0.00420. The van der Waals surface area contributed by atoms with Gasteiger partial charge in [-0.25, -0.2) is 0 Å². The van der Waals surface area contributed by atoms with Crippen molar-refractivity contribution in [2.45, 2.75) is 25.0 Å². The summed E-state index contributed by atoms with van der Waals surface area (Å²) in [5, 5.41) is 3.05. The van der Waals surface area contributed by atoms with Crippen molar-refractivity contribution in [3.8, 4) is 0 Å². The fraction of sp³-hybridized carbons (Fsp3) is 0.476. The highest BCUT2D eigenvalue weighted by molar-refractivity contribution is 5.92. The van der Waals surface area contributed by atoms with Gasteiger partial charge in [0.05, 0.1) is 12.2 Å². The monoisotopic (exact) mass is 353 g/mol. The number of nitrogens with one attached hydrogen (secondary N) is 1. The molecule has 5 heteroatoms. The molecule has 1 amide bonds. The number of hydrogen-bond acceptors (Lipinski definition) is 3. The van der Waals surface area contributed by atoms with Crippen molar-refractivity contribution >= 4 is 5.91 Å². The molecule has 2 fully saturated rings. The summed E-state index contributed by atoms with van der Waals surface area (Å²) in [5.41, 5.74) is 2.11. The second-order valence-electron chi connectivity index (χ2n) is 7.74. The molecule has 2 aliphatic heterocycles. The van der Waals surface area contributed by atoms with Crippen LogP contribution in [0.15, 0.2) is 48.7 Å². The lowest BCUT2D eigenvalue weighted by molar-refractivity contribution is -0.181. The predicted octanol–water partition coefficient (Wildman–Crippen LogP) is 2.44. The lowest BCUT2D eigenvalue weighted by Crippen LogP contribution is -2.64. The maximum absolute atomic E-state index is 12.2. The topological polar surface area (TPSA) is 46.5 Å². The van der Waals surface area contributed by atoms with Gasteiger partial charge in [-0.3, -0.25) is 9.69 Å². The molecule has 1 unspecified atom stereocenters. The summed E-state index contributed by atoms with van der Waals surface area (Å²) in [6, 6.07) is 14.3. The molecule has 1 atom stereocenters. The van der Waals surface area contributed by atoms with Crippen molar-refractivity contribution in [2.75, 3.05) is 26.2 Å². The molecule has 2 aliphatic rings. The van der Waals surface area contributed by atoms with E-state index in [-0.39, 0.29) is 11.5 Å². The number of aryl methyl sites for hydroxylation is 1. The first-order valence-corrected chi connectivity index (χ1v) is 9.43. The van der Waals surface area contributed by atoms with Crippen LogP contribution in [0.5, 0.6) is 0 Å². The fourth-order valence-electron chi connectivity index (χ4n) is 4.07. The standard InChI is InChI=1S/C21H27N3O2/c1-23-11-5-8-19(23)20(25)22-12-18-9-10-21(26-14-18)15-24(16-21)13-17-6-3-2-4-7-17/h2-8,11,18H,9-10,12-16H2,1H3,(H,22,25).